The number of nitrogens with one attached hydrogen (secondary N) is 1. The highest BCUT2D eigenvalue weighted by atomic mass is 19.1. The standard InChI is InChI=1S/C21H22FN3O2/c1-15(2)16-7-9-17(10-8-16)27-14-12-23-21(26)19-11-13-25(24-19)20-6-4-3-5-18(20)22/h3-11,13,15H,12,14H2,1-2H3,(H,23,26). The quantitative estimate of drug-likeness (QED) is 0.644. The van der Waals surface area contributed by atoms with Crippen LogP contribution in [-0.2, 0) is 0 Å². The van der Waals surface area contributed by atoms with E-state index in [9.17, 15) is 9.18 Å². The molecule has 1 amide bonds. The molecule has 1 N–H and O–H groups in total. The Morgan fingerprint density at radius 3 is 2.59 bits per heavy atom. The molecule has 2 aromatic carbocycles. The maximum Gasteiger partial charge on any atom is 0.271 e. The first kappa shape index (κ1) is 18.6. The van der Waals surface area contributed by atoms with E-state index >= 15 is 0 Å². The Morgan fingerprint density at radius 1 is 1.15 bits per heavy atom. The summed E-state index contributed by atoms with van der Waals surface area (Å²) in [4.78, 5) is 12.2. The maximum atomic E-state index is 13.8. The van der Waals surface area contributed by atoms with Gasteiger partial charge in [-0.25, -0.2) is 9.07 Å². The van der Waals surface area contributed by atoms with Gasteiger partial charge in [-0.05, 0) is 41.8 Å². The van der Waals surface area contributed by atoms with Crippen molar-refractivity contribution in [2.24, 2.45) is 0 Å². The fraction of sp³-hybridized carbons (Fsp3) is 0.238. The summed E-state index contributed by atoms with van der Waals surface area (Å²) in [6.45, 7) is 4.97. The molecule has 0 radical (unpaired) electrons. The molecule has 3 rings (SSSR count). The Hall–Kier alpha value is -3.15. The van der Waals surface area contributed by atoms with Crippen molar-refractivity contribution in [3.63, 3.8) is 0 Å². The third kappa shape index (κ3) is 4.73. The molecule has 27 heavy (non-hydrogen) atoms. The molecule has 1 heterocycles. The highest BCUT2D eigenvalue weighted by Gasteiger charge is 2.11. The zero-order chi connectivity index (χ0) is 19.2. The minimum Gasteiger partial charge on any atom is -0.492 e. The molecule has 0 saturated heterocycles. The van der Waals surface area contributed by atoms with Gasteiger partial charge in [-0.15, -0.1) is 0 Å². The number of rotatable bonds is 7. The molecule has 0 spiro atoms. The normalized spacial score (nSPS) is 10.8. The highest BCUT2D eigenvalue weighted by molar-refractivity contribution is 5.92. The van der Waals surface area contributed by atoms with E-state index in [0.29, 0.717) is 24.8 Å². The molecule has 6 heteroatoms. The van der Waals surface area contributed by atoms with Gasteiger partial charge in [-0.1, -0.05) is 38.1 Å². The summed E-state index contributed by atoms with van der Waals surface area (Å²) in [5.41, 5.74) is 1.77. The average molecular weight is 367 g/mol. The third-order valence-corrected chi connectivity index (χ3v) is 4.12. The van der Waals surface area contributed by atoms with Crippen molar-refractivity contribution in [2.45, 2.75) is 19.8 Å². The van der Waals surface area contributed by atoms with Crippen LogP contribution in [0.1, 0.15) is 35.8 Å². The molecule has 0 saturated carbocycles. The Labute approximate surface area is 157 Å². The van der Waals surface area contributed by atoms with Crippen molar-refractivity contribution >= 4 is 5.91 Å². The van der Waals surface area contributed by atoms with Gasteiger partial charge in [0.2, 0.25) is 0 Å². The second kappa shape index (κ2) is 8.49. The van der Waals surface area contributed by atoms with Gasteiger partial charge >= 0.3 is 0 Å². The van der Waals surface area contributed by atoms with Crippen molar-refractivity contribution in [1.82, 2.24) is 15.1 Å². The largest absolute Gasteiger partial charge is 0.492 e. The van der Waals surface area contributed by atoms with Crippen molar-refractivity contribution in [3.05, 3.63) is 77.9 Å². The molecule has 0 bridgehead atoms. The summed E-state index contributed by atoms with van der Waals surface area (Å²) in [7, 11) is 0. The second-order valence-corrected chi connectivity index (χ2v) is 6.43. The minimum atomic E-state index is -0.399. The van der Waals surface area contributed by atoms with Crippen LogP contribution in [0.15, 0.2) is 60.8 Å². The topological polar surface area (TPSA) is 56.1 Å². The van der Waals surface area contributed by atoms with Gasteiger partial charge in [0, 0.05) is 6.20 Å². The van der Waals surface area contributed by atoms with Crippen molar-refractivity contribution in [3.8, 4) is 11.4 Å². The van der Waals surface area contributed by atoms with E-state index in [1.165, 1.54) is 16.3 Å². The number of carbonyl (C=O) groups excluding carboxylic acids is 1. The Balaban J connectivity index is 1.49. The Bertz CT molecular complexity index is 904. The Morgan fingerprint density at radius 2 is 1.89 bits per heavy atom. The molecule has 0 aliphatic carbocycles. The zero-order valence-electron chi connectivity index (χ0n) is 15.4. The summed E-state index contributed by atoms with van der Waals surface area (Å²) >= 11 is 0. The van der Waals surface area contributed by atoms with Crippen molar-refractivity contribution in [1.29, 1.82) is 0 Å². The van der Waals surface area contributed by atoms with Crippen LogP contribution in [0.25, 0.3) is 5.69 Å². The van der Waals surface area contributed by atoms with Gasteiger partial charge in [0.05, 0.1) is 6.54 Å². The molecule has 0 unspecified atom stereocenters. The van der Waals surface area contributed by atoms with E-state index in [-0.39, 0.29) is 11.6 Å². The fourth-order valence-corrected chi connectivity index (χ4v) is 2.59. The summed E-state index contributed by atoms with van der Waals surface area (Å²) < 4.78 is 20.8. The summed E-state index contributed by atoms with van der Waals surface area (Å²) in [5.74, 6) is 0.508. The van der Waals surface area contributed by atoms with Gasteiger partial charge in [0.15, 0.2) is 5.69 Å². The number of halogens is 1. The van der Waals surface area contributed by atoms with Crippen molar-refractivity contribution < 1.29 is 13.9 Å². The SMILES string of the molecule is CC(C)c1ccc(OCCNC(=O)c2ccn(-c3ccccc3F)n2)cc1. The molecule has 0 aliphatic heterocycles. The van der Waals surface area contributed by atoms with Crippen LogP contribution in [-0.4, -0.2) is 28.8 Å². The monoisotopic (exact) mass is 367 g/mol. The first-order chi connectivity index (χ1) is 13.0. The maximum absolute atomic E-state index is 13.8. The summed E-state index contributed by atoms with van der Waals surface area (Å²) in [6.07, 6.45) is 1.56. The first-order valence-corrected chi connectivity index (χ1v) is 8.86. The number of amides is 1. The average Bonchev–Trinajstić information content (AvgIpc) is 3.16. The molecule has 3 aromatic rings. The Kier molecular flexibility index (Phi) is 5.86. The number of hydrogen-bond acceptors (Lipinski definition) is 3. The predicted octanol–water partition coefficient (Wildman–Crippen LogP) is 3.94. The van der Waals surface area contributed by atoms with Crippen LogP contribution < -0.4 is 10.1 Å². The summed E-state index contributed by atoms with van der Waals surface area (Å²) in [5, 5.41) is 6.87. The van der Waals surface area contributed by atoms with Gasteiger partial charge in [0.1, 0.15) is 23.9 Å². The first-order valence-electron chi connectivity index (χ1n) is 8.86. The molecular formula is C21H22FN3O2. The van der Waals surface area contributed by atoms with E-state index in [0.717, 1.165) is 5.75 Å². The van der Waals surface area contributed by atoms with Gasteiger partial charge < -0.3 is 10.1 Å². The van der Waals surface area contributed by atoms with E-state index in [4.69, 9.17) is 4.74 Å². The number of carbonyl (C=O) groups is 1. The molecule has 0 atom stereocenters. The van der Waals surface area contributed by atoms with E-state index in [1.54, 1.807) is 30.5 Å². The number of hydrogen-bond donors (Lipinski definition) is 1. The second-order valence-electron chi connectivity index (χ2n) is 6.43. The van der Waals surface area contributed by atoms with Crippen LogP contribution in [0.3, 0.4) is 0 Å². The molecule has 1 aromatic heterocycles. The molecule has 140 valence electrons. The van der Waals surface area contributed by atoms with Crippen LogP contribution in [0.4, 0.5) is 4.39 Å². The molecule has 0 fully saturated rings. The van der Waals surface area contributed by atoms with Gasteiger partial charge in [-0.2, -0.15) is 5.10 Å². The number of benzene rings is 2. The van der Waals surface area contributed by atoms with Crippen LogP contribution in [0, 0.1) is 5.82 Å². The number of ether oxygens (including phenoxy) is 1. The molecule has 5 nitrogen and oxygen atoms in total. The number of para-hydroxylation sites is 1. The number of aromatic nitrogens is 2. The van der Waals surface area contributed by atoms with E-state index < -0.39 is 5.82 Å². The minimum absolute atomic E-state index is 0.222. The lowest BCUT2D eigenvalue weighted by Gasteiger charge is -2.09. The lowest BCUT2D eigenvalue weighted by atomic mass is 10.0. The molecular weight excluding hydrogens is 345 g/mol. The van der Waals surface area contributed by atoms with E-state index in [2.05, 4.69) is 24.3 Å². The van der Waals surface area contributed by atoms with E-state index in [1.807, 2.05) is 24.3 Å². The lowest BCUT2D eigenvalue weighted by Crippen LogP contribution is -2.28. The highest BCUT2D eigenvalue weighted by Crippen LogP contribution is 2.18. The van der Waals surface area contributed by atoms with Crippen LogP contribution >= 0.6 is 0 Å². The fourth-order valence-electron chi connectivity index (χ4n) is 2.59. The predicted molar refractivity (Wildman–Crippen MR) is 102 cm³/mol. The molecule has 0 aliphatic rings. The van der Waals surface area contributed by atoms with Gasteiger partial charge in [0.25, 0.3) is 5.91 Å². The lowest BCUT2D eigenvalue weighted by molar-refractivity contribution is 0.0941. The summed E-state index contributed by atoms with van der Waals surface area (Å²) in [6, 6.07) is 15.7. The van der Waals surface area contributed by atoms with Crippen LogP contribution in [0.5, 0.6) is 5.75 Å². The third-order valence-electron chi connectivity index (χ3n) is 4.12. The van der Waals surface area contributed by atoms with Crippen LogP contribution in [0.2, 0.25) is 0 Å². The number of nitrogens with zero attached hydrogens (tertiary/aromatic N) is 2. The van der Waals surface area contributed by atoms with Crippen molar-refractivity contribution in [2.75, 3.05) is 13.2 Å². The zero-order valence-corrected chi connectivity index (χ0v) is 15.4. The van der Waals surface area contributed by atoms with Gasteiger partial charge in [-0.3, -0.25) is 4.79 Å². The smallest absolute Gasteiger partial charge is 0.271 e.